The van der Waals surface area contributed by atoms with E-state index >= 15 is 0 Å². The zero-order valence-corrected chi connectivity index (χ0v) is 17.4. The molecule has 0 radical (unpaired) electrons. The lowest BCUT2D eigenvalue weighted by molar-refractivity contribution is -0.122. The average molecular weight is 394 g/mol. The summed E-state index contributed by atoms with van der Waals surface area (Å²) in [5.74, 6) is 1.38. The monoisotopic (exact) mass is 393 g/mol. The van der Waals surface area contributed by atoms with Crippen LogP contribution in [-0.4, -0.2) is 22.8 Å². The number of amides is 1. The van der Waals surface area contributed by atoms with Crippen molar-refractivity contribution in [2.75, 3.05) is 0 Å². The van der Waals surface area contributed by atoms with Crippen molar-refractivity contribution in [1.82, 2.24) is 5.32 Å². The first-order valence-corrected chi connectivity index (χ1v) is 11.2. The van der Waals surface area contributed by atoms with Gasteiger partial charge in [0.15, 0.2) is 5.78 Å². The van der Waals surface area contributed by atoms with Gasteiger partial charge < -0.3 is 10.4 Å². The van der Waals surface area contributed by atoms with Gasteiger partial charge in [-0.05, 0) is 73.8 Å². The van der Waals surface area contributed by atoms with Gasteiger partial charge in [-0.15, -0.1) is 0 Å². The van der Waals surface area contributed by atoms with E-state index in [1.54, 1.807) is 24.3 Å². The molecule has 4 nitrogen and oxygen atoms in total. The maximum Gasteiger partial charge on any atom is 0.244 e. The van der Waals surface area contributed by atoms with Gasteiger partial charge in [0.25, 0.3) is 0 Å². The van der Waals surface area contributed by atoms with Crippen LogP contribution in [0.25, 0.3) is 0 Å². The minimum atomic E-state index is -0.375. The van der Waals surface area contributed by atoms with Crippen LogP contribution in [0, 0.1) is 28.6 Å². The van der Waals surface area contributed by atoms with Gasteiger partial charge in [0, 0.05) is 23.1 Å². The molecule has 4 heteroatoms. The number of carbonyl (C=O) groups excluding carboxylic acids is 2. The van der Waals surface area contributed by atoms with Crippen LogP contribution in [0.3, 0.4) is 0 Å². The minimum Gasteiger partial charge on any atom is -0.507 e. The van der Waals surface area contributed by atoms with Crippen LogP contribution in [0.15, 0.2) is 35.9 Å². The zero-order valence-electron chi connectivity index (χ0n) is 17.4. The van der Waals surface area contributed by atoms with Crippen LogP contribution in [-0.2, 0) is 4.79 Å². The first-order valence-electron chi connectivity index (χ1n) is 11.2. The van der Waals surface area contributed by atoms with Gasteiger partial charge in [-0.1, -0.05) is 32.4 Å². The van der Waals surface area contributed by atoms with Gasteiger partial charge in [0.05, 0.1) is 5.56 Å². The summed E-state index contributed by atoms with van der Waals surface area (Å²) < 4.78 is 0. The van der Waals surface area contributed by atoms with Crippen LogP contribution < -0.4 is 5.32 Å². The number of ketones is 1. The van der Waals surface area contributed by atoms with E-state index in [0.29, 0.717) is 28.4 Å². The Kier molecular flexibility index (Phi) is 4.20. The summed E-state index contributed by atoms with van der Waals surface area (Å²) in [5.41, 5.74) is 0.981. The van der Waals surface area contributed by atoms with Crippen molar-refractivity contribution in [3.05, 3.63) is 41.5 Å². The standard InChI is InChI=1S/C25H31NO3/c1-24-12-5-7-17(24)15-9-10-21-25(2,18(15)11-13-24)19(14-22(28)26-21)23(29)16-6-3-4-8-20(16)27/h3-4,6,8,14-15,17-18,21,27H,5,7,9-13H2,1-2H3,(H,26,28)/t15-,17-,18-,21+,24-,25-/m0/s1. The maximum atomic E-state index is 13.6. The third-order valence-corrected chi connectivity index (χ3v) is 9.07. The average Bonchev–Trinajstić information content (AvgIpc) is 3.10. The highest BCUT2D eigenvalue weighted by Gasteiger charge is 2.60. The summed E-state index contributed by atoms with van der Waals surface area (Å²) in [5, 5.41) is 13.5. The topological polar surface area (TPSA) is 66.4 Å². The molecule has 5 rings (SSSR count). The molecule has 1 aromatic carbocycles. The van der Waals surface area contributed by atoms with Crippen molar-refractivity contribution in [2.24, 2.45) is 28.6 Å². The molecule has 6 atom stereocenters. The largest absolute Gasteiger partial charge is 0.507 e. The molecule has 1 aliphatic heterocycles. The van der Waals surface area contributed by atoms with Gasteiger partial charge in [0.1, 0.15) is 5.75 Å². The molecular weight excluding hydrogens is 362 g/mol. The van der Waals surface area contributed by atoms with E-state index in [0.717, 1.165) is 25.2 Å². The Bertz CT molecular complexity index is 905. The highest BCUT2D eigenvalue weighted by Crippen LogP contribution is 2.64. The van der Waals surface area contributed by atoms with Gasteiger partial charge in [-0.25, -0.2) is 0 Å². The van der Waals surface area contributed by atoms with Crippen LogP contribution in [0.4, 0.5) is 0 Å². The molecule has 0 aromatic heterocycles. The second-order valence-corrected chi connectivity index (χ2v) is 10.3. The van der Waals surface area contributed by atoms with E-state index in [1.165, 1.54) is 31.8 Å². The summed E-state index contributed by atoms with van der Waals surface area (Å²) in [6.07, 6.45) is 9.88. The van der Waals surface area contributed by atoms with Crippen LogP contribution in [0.5, 0.6) is 5.75 Å². The molecule has 0 spiro atoms. The fourth-order valence-corrected chi connectivity index (χ4v) is 7.58. The fourth-order valence-electron chi connectivity index (χ4n) is 7.58. The second-order valence-electron chi connectivity index (χ2n) is 10.3. The fraction of sp³-hybridized carbons (Fsp3) is 0.600. The van der Waals surface area contributed by atoms with Crippen molar-refractivity contribution >= 4 is 11.7 Å². The molecule has 3 aliphatic carbocycles. The molecule has 3 fully saturated rings. The lowest BCUT2D eigenvalue weighted by Gasteiger charge is -2.59. The van der Waals surface area contributed by atoms with Crippen LogP contribution >= 0.6 is 0 Å². The van der Waals surface area contributed by atoms with Crippen molar-refractivity contribution in [3.63, 3.8) is 0 Å². The van der Waals surface area contributed by atoms with Crippen LogP contribution in [0.2, 0.25) is 0 Å². The Morgan fingerprint density at radius 1 is 1.07 bits per heavy atom. The van der Waals surface area contributed by atoms with E-state index in [1.807, 2.05) is 0 Å². The van der Waals surface area contributed by atoms with Crippen molar-refractivity contribution in [2.45, 2.75) is 64.8 Å². The maximum absolute atomic E-state index is 13.6. The number of hydrogen-bond donors (Lipinski definition) is 2. The molecular formula is C25H31NO3. The number of phenols is 1. The second kappa shape index (κ2) is 6.45. The number of phenolic OH excluding ortho intramolecular Hbond substituents is 1. The third kappa shape index (κ3) is 2.64. The minimum absolute atomic E-state index is 0.00295. The summed E-state index contributed by atoms with van der Waals surface area (Å²) >= 11 is 0. The molecule has 0 unspecified atom stereocenters. The SMILES string of the molecule is C[C@@]12CCC[C@H]1[C@@H]1CC[C@H]3NC(=O)C=C(C(=O)c4ccccc4O)[C@]3(C)[C@H]1CC2. The third-order valence-electron chi connectivity index (χ3n) is 9.07. The van der Waals surface area contributed by atoms with E-state index in [-0.39, 0.29) is 28.9 Å². The van der Waals surface area contributed by atoms with Gasteiger partial charge in [0.2, 0.25) is 5.91 Å². The Balaban J connectivity index is 1.58. The first-order chi connectivity index (χ1) is 13.8. The summed E-state index contributed by atoms with van der Waals surface area (Å²) in [6, 6.07) is 6.70. The van der Waals surface area contributed by atoms with E-state index in [9.17, 15) is 14.7 Å². The van der Waals surface area contributed by atoms with E-state index in [4.69, 9.17) is 0 Å². The predicted octanol–water partition coefficient (Wildman–Crippen LogP) is 4.63. The molecule has 0 bridgehead atoms. The van der Waals surface area contributed by atoms with Crippen molar-refractivity contribution < 1.29 is 14.7 Å². The van der Waals surface area contributed by atoms with E-state index in [2.05, 4.69) is 19.2 Å². The Labute approximate surface area is 172 Å². The smallest absolute Gasteiger partial charge is 0.244 e. The Morgan fingerprint density at radius 2 is 1.86 bits per heavy atom. The van der Waals surface area contributed by atoms with Gasteiger partial charge >= 0.3 is 0 Å². The number of para-hydroxylation sites is 1. The van der Waals surface area contributed by atoms with Gasteiger partial charge in [-0.3, -0.25) is 9.59 Å². The molecule has 154 valence electrons. The molecule has 1 amide bonds. The number of hydrogen-bond acceptors (Lipinski definition) is 3. The summed E-state index contributed by atoms with van der Waals surface area (Å²) in [6.45, 7) is 4.68. The highest BCUT2D eigenvalue weighted by atomic mass is 16.3. The quantitative estimate of drug-likeness (QED) is 0.720. The lowest BCUT2D eigenvalue weighted by atomic mass is 9.46. The predicted molar refractivity (Wildman–Crippen MR) is 111 cm³/mol. The lowest BCUT2D eigenvalue weighted by Crippen LogP contribution is -2.61. The number of carbonyl (C=O) groups is 2. The number of nitrogens with one attached hydrogen (secondary N) is 1. The molecule has 2 N–H and O–H groups in total. The zero-order chi connectivity index (χ0) is 20.4. The normalized spacial score (nSPS) is 40.9. The Morgan fingerprint density at radius 3 is 2.66 bits per heavy atom. The van der Waals surface area contributed by atoms with Crippen LogP contribution in [0.1, 0.15) is 69.2 Å². The van der Waals surface area contributed by atoms with Gasteiger partial charge in [-0.2, -0.15) is 0 Å². The molecule has 3 saturated carbocycles. The van der Waals surface area contributed by atoms with Crippen molar-refractivity contribution in [1.29, 1.82) is 0 Å². The number of aromatic hydroxyl groups is 1. The summed E-state index contributed by atoms with van der Waals surface area (Å²) in [7, 11) is 0. The number of Topliss-reactive ketones (excluding diaryl/α,β-unsaturated/α-hetero) is 1. The molecule has 1 aromatic rings. The molecule has 1 heterocycles. The number of rotatable bonds is 2. The molecule has 29 heavy (non-hydrogen) atoms. The highest BCUT2D eigenvalue weighted by molar-refractivity contribution is 6.14. The van der Waals surface area contributed by atoms with E-state index < -0.39 is 0 Å². The first kappa shape index (κ1) is 18.9. The summed E-state index contributed by atoms with van der Waals surface area (Å²) in [4.78, 5) is 26.1. The van der Waals surface area contributed by atoms with Crippen molar-refractivity contribution in [3.8, 4) is 5.75 Å². The number of fused-ring (bicyclic) bond motifs is 5. The number of benzene rings is 1. The molecule has 4 aliphatic rings. The molecule has 0 saturated heterocycles. The Hall–Kier alpha value is -2.10.